The van der Waals surface area contributed by atoms with Crippen LogP contribution in [-0.4, -0.2) is 20.7 Å². The second-order valence-corrected chi connectivity index (χ2v) is 2.88. The molecule has 4 nitrogen and oxygen atoms in total. The molecule has 14 heavy (non-hydrogen) atoms. The van der Waals surface area contributed by atoms with E-state index in [9.17, 15) is 4.79 Å². The largest absolute Gasteiger partial charge is 0.348 e. The van der Waals surface area contributed by atoms with Gasteiger partial charge in [-0.2, -0.15) is 0 Å². The van der Waals surface area contributed by atoms with Gasteiger partial charge in [-0.15, -0.1) is 0 Å². The molecule has 2 aromatic heterocycles. The molecule has 0 radical (unpaired) electrons. The molecule has 0 atom stereocenters. The van der Waals surface area contributed by atoms with Crippen molar-refractivity contribution in [1.29, 1.82) is 0 Å². The van der Waals surface area contributed by atoms with Crippen LogP contribution in [0.25, 0.3) is 0 Å². The van der Waals surface area contributed by atoms with Crippen LogP contribution in [-0.2, 0) is 6.42 Å². The van der Waals surface area contributed by atoms with E-state index < -0.39 is 0 Å². The van der Waals surface area contributed by atoms with Crippen molar-refractivity contribution in [1.82, 2.24) is 15.0 Å². The van der Waals surface area contributed by atoms with Crippen LogP contribution >= 0.6 is 0 Å². The lowest BCUT2D eigenvalue weighted by atomic mass is 10.1. The summed E-state index contributed by atoms with van der Waals surface area (Å²) in [5.41, 5.74) is 0.615. The fourth-order valence-electron chi connectivity index (χ4n) is 1.18. The topological polar surface area (TPSA) is 58.6 Å². The van der Waals surface area contributed by atoms with Gasteiger partial charge in [-0.1, -0.05) is 0 Å². The fourth-order valence-corrected chi connectivity index (χ4v) is 1.18. The van der Waals surface area contributed by atoms with Crippen molar-refractivity contribution >= 4 is 5.78 Å². The van der Waals surface area contributed by atoms with Crippen LogP contribution in [0.5, 0.6) is 0 Å². The van der Waals surface area contributed by atoms with Crippen LogP contribution in [0.1, 0.15) is 16.2 Å². The lowest BCUT2D eigenvalue weighted by molar-refractivity contribution is 0.0990. The molecular weight excluding hydrogens is 178 g/mol. The third-order valence-corrected chi connectivity index (χ3v) is 1.87. The molecule has 0 saturated heterocycles. The first kappa shape index (κ1) is 8.62. The molecule has 0 bridgehead atoms. The highest BCUT2D eigenvalue weighted by molar-refractivity contribution is 5.96. The zero-order valence-electron chi connectivity index (χ0n) is 7.47. The second kappa shape index (κ2) is 3.83. The Morgan fingerprint density at radius 3 is 3.00 bits per heavy atom. The first-order valence-electron chi connectivity index (χ1n) is 4.28. The summed E-state index contributed by atoms with van der Waals surface area (Å²) >= 11 is 0. The van der Waals surface area contributed by atoms with Gasteiger partial charge in [-0.05, 0) is 12.1 Å². The minimum atomic E-state index is 0.0213. The molecular formula is C10H9N3O. The summed E-state index contributed by atoms with van der Waals surface area (Å²) in [7, 11) is 0. The first-order valence-corrected chi connectivity index (χ1v) is 4.28. The lowest BCUT2D eigenvalue weighted by Gasteiger charge is -1.96. The van der Waals surface area contributed by atoms with Crippen molar-refractivity contribution in [3.63, 3.8) is 0 Å². The van der Waals surface area contributed by atoms with Crippen molar-refractivity contribution < 1.29 is 4.79 Å². The number of pyridine rings is 1. The van der Waals surface area contributed by atoms with Gasteiger partial charge in [0.1, 0.15) is 5.82 Å². The number of imidazole rings is 1. The number of carbonyl (C=O) groups excluding carboxylic acids is 1. The number of nitrogens with one attached hydrogen (secondary N) is 1. The predicted molar refractivity (Wildman–Crippen MR) is 50.9 cm³/mol. The molecule has 0 aliphatic rings. The SMILES string of the molecule is O=C(Cc1ncc[nH]1)c1cccnc1. The normalized spacial score (nSPS) is 10.0. The van der Waals surface area contributed by atoms with Gasteiger partial charge in [0.25, 0.3) is 0 Å². The standard InChI is InChI=1S/C10H9N3O/c14-9(6-10-12-4-5-13-10)8-2-1-3-11-7-8/h1-5,7H,6H2,(H,12,13). The van der Waals surface area contributed by atoms with Gasteiger partial charge < -0.3 is 4.98 Å². The van der Waals surface area contributed by atoms with Gasteiger partial charge in [-0.3, -0.25) is 9.78 Å². The minimum absolute atomic E-state index is 0.0213. The Hall–Kier alpha value is -1.97. The summed E-state index contributed by atoms with van der Waals surface area (Å²) in [4.78, 5) is 22.4. The molecule has 2 aromatic rings. The van der Waals surface area contributed by atoms with Gasteiger partial charge in [0.15, 0.2) is 5.78 Å². The van der Waals surface area contributed by atoms with Gasteiger partial charge in [0.05, 0.1) is 6.42 Å². The molecule has 0 aliphatic carbocycles. The van der Waals surface area contributed by atoms with Crippen molar-refractivity contribution in [3.8, 4) is 0 Å². The lowest BCUT2D eigenvalue weighted by Crippen LogP contribution is -2.04. The quantitative estimate of drug-likeness (QED) is 0.735. The zero-order valence-corrected chi connectivity index (χ0v) is 7.47. The summed E-state index contributed by atoms with van der Waals surface area (Å²) in [6.07, 6.45) is 6.82. The zero-order chi connectivity index (χ0) is 9.80. The van der Waals surface area contributed by atoms with Gasteiger partial charge in [0.2, 0.25) is 0 Å². The molecule has 0 spiro atoms. The highest BCUT2D eigenvalue weighted by atomic mass is 16.1. The number of aromatic nitrogens is 3. The fraction of sp³-hybridized carbons (Fsp3) is 0.100. The molecule has 0 fully saturated rings. The number of aromatic amines is 1. The molecule has 0 amide bonds. The number of ketones is 1. The smallest absolute Gasteiger partial charge is 0.171 e. The van der Waals surface area contributed by atoms with Crippen molar-refractivity contribution in [2.45, 2.75) is 6.42 Å². The number of rotatable bonds is 3. The molecule has 1 N–H and O–H groups in total. The number of H-pyrrole nitrogens is 1. The van der Waals surface area contributed by atoms with E-state index in [1.54, 1.807) is 36.9 Å². The van der Waals surface area contributed by atoms with Crippen LogP contribution < -0.4 is 0 Å². The number of hydrogen-bond donors (Lipinski definition) is 1. The van der Waals surface area contributed by atoms with Gasteiger partial charge in [-0.25, -0.2) is 4.98 Å². The molecule has 0 aliphatic heterocycles. The van der Waals surface area contributed by atoms with Crippen LogP contribution in [0.15, 0.2) is 36.9 Å². The summed E-state index contributed by atoms with van der Waals surface area (Å²) in [5.74, 6) is 0.701. The maximum Gasteiger partial charge on any atom is 0.171 e. The first-order chi connectivity index (χ1) is 6.86. The highest BCUT2D eigenvalue weighted by Gasteiger charge is 2.07. The van der Waals surface area contributed by atoms with Crippen LogP contribution in [0.2, 0.25) is 0 Å². The van der Waals surface area contributed by atoms with Crippen molar-refractivity contribution in [3.05, 3.63) is 48.3 Å². The van der Waals surface area contributed by atoms with E-state index in [0.29, 0.717) is 17.8 Å². The van der Waals surface area contributed by atoms with E-state index in [2.05, 4.69) is 15.0 Å². The Balaban J connectivity index is 2.11. The van der Waals surface area contributed by atoms with Crippen LogP contribution in [0.4, 0.5) is 0 Å². The second-order valence-electron chi connectivity index (χ2n) is 2.88. The molecule has 0 aromatic carbocycles. The van der Waals surface area contributed by atoms with Gasteiger partial charge >= 0.3 is 0 Å². The Morgan fingerprint density at radius 1 is 1.43 bits per heavy atom. The average Bonchev–Trinajstić information content (AvgIpc) is 2.72. The average molecular weight is 187 g/mol. The molecule has 4 heteroatoms. The van der Waals surface area contributed by atoms with E-state index in [4.69, 9.17) is 0 Å². The van der Waals surface area contributed by atoms with Crippen molar-refractivity contribution in [2.75, 3.05) is 0 Å². The third-order valence-electron chi connectivity index (χ3n) is 1.87. The minimum Gasteiger partial charge on any atom is -0.348 e. The van der Waals surface area contributed by atoms with E-state index in [1.807, 2.05) is 0 Å². The van der Waals surface area contributed by atoms with E-state index >= 15 is 0 Å². The number of hydrogen-bond acceptors (Lipinski definition) is 3. The number of Topliss-reactive ketones (excluding diaryl/α,β-unsaturated/α-hetero) is 1. The van der Waals surface area contributed by atoms with E-state index in [1.165, 1.54) is 0 Å². The Morgan fingerprint density at radius 2 is 2.36 bits per heavy atom. The van der Waals surface area contributed by atoms with E-state index in [-0.39, 0.29) is 5.78 Å². The Labute approximate surface area is 81.0 Å². The Kier molecular flexibility index (Phi) is 2.36. The molecule has 0 unspecified atom stereocenters. The molecule has 2 heterocycles. The molecule has 2 rings (SSSR count). The maximum atomic E-state index is 11.6. The molecule has 70 valence electrons. The Bertz CT molecular complexity index is 408. The summed E-state index contributed by atoms with van der Waals surface area (Å²) in [6.45, 7) is 0. The maximum absolute atomic E-state index is 11.6. The predicted octanol–water partition coefficient (Wildman–Crippen LogP) is 1.23. The number of nitrogens with zero attached hydrogens (tertiary/aromatic N) is 2. The van der Waals surface area contributed by atoms with Crippen molar-refractivity contribution in [2.24, 2.45) is 0 Å². The van der Waals surface area contributed by atoms with Gasteiger partial charge in [0, 0.05) is 30.4 Å². The summed E-state index contributed by atoms with van der Waals surface area (Å²) in [6, 6.07) is 3.49. The third kappa shape index (κ3) is 1.85. The van der Waals surface area contributed by atoms with Crippen LogP contribution in [0.3, 0.4) is 0 Å². The number of carbonyl (C=O) groups is 1. The monoisotopic (exact) mass is 187 g/mol. The van der Waals surface area contributed by atoms with E-state index in [0.717, 1.165) is 0 Å². The van der Waals surface area contributed by atoms with Crippen LogP contribution in [0, 0.1) is 0 Å². The highest BCUT2D eigenvalue weighted by Crippen LogP contribution is 2.01. The molecule has 0 saturated carbocycles. The summed E-state index contributed by atoms with van der Waals surface area (Å²) in [5, 5.41) is 0. The summed E-state index contributed by atoms with van der Waals surface area (Å²) < 4.78 is 0.